The SMILES string of the molecule is CS(=O)(=O)NC(=O)CNc1cccc([N+](=O)[O-])c1. The average molecular weight is 273 g/mol. The Labute approximate surface area is 103 Å². The number of nitrogens with one attached hydrogen (secondary N) is 2. The molecule has 0 unspecified atom stereocenters. The minimum atomic E-state index is -3.60. The van der Waals surface area contributed by atoms with Crippen molar-refractivity contribution in [3.63, 3.8) is 0 Å². The Morgan fingerprint density at radius 1 is 1.44 bits per heavy atom. The number of amides is 1. The lowest BCUT2D eigenvalue weighted by Gasteiger charge is -2.06. The molecular weight excluding hydrogens is 262 g/mol. The molecule has 0 saturated carbocycles. The molecule has 0 bridgehead atoms. The number of benzene rings is 1. The number of hydrogen-bond acceptors (Lipinski definition) is 6. The second kappa shape index (κ2) is 5.45. The van der Waals surface area contributed by atoms with E-state index in [2.05, 4.69) is 5.32 Å². The fraction of sp³-hybridized carbons (Fsp3) is 0.222. The highest BCUT2D eigenvalue weighted by Crippen LogP contribution is 2.16. The highest BCUT2D eigenvalue weighted by molar-refractivity contribution is 7.89. The molecular formula is C9H11N3O5S. The second-order valence-electron chi connectivity index (χ2n) is 3.46. The monoisotopic (exact) mass is 273 g/mol. The van der Waals surface area contributed by atoms with Crippen LogP contribution in [0, 0.1) is 10.1 Å². The van der Waals surface area contributed by atoms with Crippen LogP contribution in [0.15, 0.2) is 24.3 Å². The summed E-state index contributed by atoms with van der Waals surface area (Å²) in [5.41, 5.74) is 0.233. The second-order valence-corrected chi connectivity index (χ2v) is 5.21. The average Bonchev–Trinajstić information content (AvgIpc) is 2.24. The number of carbonyl (C=O) groups is 1. The summed E-state index contributed by atoms with van der Waals surface area (Å²) in [4.78, 5) is 21.1. The van der Waals surface area contributed by atoms with E-state index in [0.717, 1.165) is 6.26 Å². The molecule has 0 aliphatic carbocycles. The van der Waals surface area contributed by atoms with Crippen LogP contribution in [0.4, 0.5) is 11.4 Å². The molecule has 98 valence electrons. The van der Waals surface area contributed by atoms with Crippen LogP contribution in [0.2, 0.25) is 0 Å². The lowest BCUT2D eigenvalue weighted by molar-refractivity contribution is -0.384. The first-order chi connectivity index (χ1) is 8.28. The van der Waals surface area contributed by atoms with E-state index in [9.17, 15) is 23.3 Å². The van der Waals surface area contributed by atoms with Gasteiger partial charge < -0.3 is 5.32 Å². The first-order valence-corrected chi connectivity index (χ1v) is 6.66. The molecule has 0 aliphatic rings. The third kappa shape index (κ3) is 4.78. The standard InChI is InChI=1S/C9H11N3O5S/c1-18(16,17)11-9(13)6-10-7-3-2-4-8(5-7)12(14)15/h2-5,10H,6H2,1H3,(H,11,13). The molecule has 1 amide bonds. The van der Waals surface area contributed by atoms with Crippen molar-refractivity contribution in [2.45, 2.75) is 0 Å². The number of sulfonamides is 1. The van der Waals surface area contributed by atoms with Gasteiger partial charge in [0, 0.05) is 17.8 Å². The van der Waals surface area contributed by atoms with Gasteiger partial charge in [0.25, 0.3) is 11.6 Å². The van der Waals surface area contributed by atoms with Gasteiger partial charge in [-0.05, 0) is 6.07 Å². The molecule has 0 heterocycles. The minimum Gasteiger partial charge on any atom is -0.376 e. The van der Waals surface area contributed by atoms with E-state index in [1.807, 2.05) is 0 Å². The Morgan fingerprint density at radius 2 is 2.11 bits per heavy atom. The number of rotatable bonds is 5. The van der Waals surface area contributed by atoms with Gasteiger partial charge in [0.2, 0.25) is 10.0 Å². The Balaban J connectivity index is 2.61. The van der Waals surface area contributed by atoms with Crippen molar-refractivity contribution in [2.75, 3.05) is 18.1 Å². The number of anilines is 1. The summed E-state index contributed by atoms with van der Waals surface area (Å²) in [7, 11) is -3.60. The number of carbonyl (C=O) groups excluding carboxylic acids is 1. The molecule has 0 spiro atoms. The van der Waals surface area contributed by atoms with Gasteiger partial charge in [-0.2, -0.15) is 0 Å². The molecule has 18 heavy (non-hydrogen) atoms. The Hall–Kier alpha value is -2.16. The Bertz CT molecular complexity index is 569. The predicted molar refractivity (Wildman–Crippen MR) is 64.6 cm³/mol. The van der Waals surface area contributed by atoms with Gasteiger partial charge in [-0.1, -0.05) is 6.07 Å². The molecule has 1 aromatic rings. The fourth-order valence-corrected chi connectivity index (χ4v) is 1.64. The summed E-state index contributed by atoms with van der Waals surface area (Å²) >= 11 is 0. The van der Waals surface area contributed by atoms with E-state index in [-0.39, 0.29) is 12.2 Å². The van der Waals surface area contributed by atoms with Gasteiger partial charge >= 0.3 is 0 Å². The van der Waals surface area contributed by atoms with Crippen molar-refractivity contribution in [3.8, 4) is 0 Å². The molecule has 0 saturated heterocycles. The van der Waals surface area contributed by atoms with Gasteiger partial charge in [-0.15, -0.1) is 0 Å². The Morgan fingerprint density at radius 3 is 2.67 bits per heavy atom. The van der Waals surface area contributed by atoms with Crippen LogP contribution >= 0.6 is 0 Å². The summed E-state index contributed by atoms with van der Waals surface area (Å²) in [6.45, 7) is -0.297. The third-order valence-electron chi connectivity index (χ3n) is 1.81. The van der Waals surface area contributed by atoms with E-state index in [0.29, 0.717) is 5.69 Å². The summed E-state index contributed by atoms with van der Waals surface area (Å²) in [5, 5.41) is 13.1. The van der Waals surface area contributed by atoms with Crippen molar-refractivity contribution >= 4 is 27.3 Å². The largest absolute Gasteiger partial charge is 0.376 e. The molecule has 9 heteroatoms. The van der Waals surface area contributed by atoms with Gasteiger partial charge in [0.1, 0.15) is 0 Å². The van der Waals surface area contributed by atoms with Crippen molar-refractivity contribution in [1.29, 1.82) is 0 Å². The number of nitro benzene ring substituents is 1. The Kier molecular flexibility index (Phi) is 4.21. The number of nitrogens with zero attached hydrogens (tertiary/aromatic N) is 1. The minimum absolute atomic E-state index is 0.122. The van der Waals surface area contributed by atoms with Crippen LogP contribution in [-0.2, 0) is 14.8 Å². The first-order valence-electron chi connectivity index (χ1n) is 4.77. The molecule has 0 radical (unpaired) electrons. The van der Waals surface area contributed by atoms with E-state index < -0.39 is 20.9 Å². The zero-order valence-corrected chi connectivity index (χ0v) is 10.2. The maximum Gasteiger partial charge on any atom is 0.271 e. The molecule has 2 N–H and O–H groups in total. The smallest absolute Gasteiger partial charge is 0.271 e. The molecule has 0 fully saturated rings. The zero-order valence-electron chi connectivity index (χ0n) is 9.41. The molecule has 8 nitrogen and oxygen atoms in total. The molecule has 0 aromatic heterocycles. The zero-order chi connectivity index (χ0) is 13.8. The number of hydrogen-bond donors (Lipinski definition) is 2. The highest BCUT2D eigenvalue weighted by Gasteiger charge is 2.09. The van der Waals surface area contributed by atoms with Crippen molar-refractivity contribution < 1.29 is 18.1 Å². The van der Waals surface area contributed by atoms with E-state index in [1.54, 1.807) is 4.72 Å². The van der Waals surface area contributed by atoms with Crippen LogP contribution in [-0.4, -0.2) is 32.0 Å². The van der Waals surface area contributed by atoms with Crippen molar-refractivity contribution in [1.82, 2.24) is 4.72 Å². The fourth-order valence-electron chi connectivity index (χ4n) is 1.15. The van der Waals surface area contributed by atoms with Crippen LogP contribution in [0.1, 0.15) is 0 Å². The maximum atomic E-state index is 11.2. The van der Waals surface area contributed by atoms with Crippen LogP contribution in [0.25, 0.3) is 0 Å². The first kappa shape index (κ1) is 13.9. The maximum absolute atomic E-state index is 11.2. The number of nitro groups is 1. The summed E-state index contributed by atoms with van der Waals surface area (Å²) in [5.74, 6) is -0.746. The summed E-state index contributed by atoms with van der Waals surface area (Å²) in [6, 6.07) is 5.53. The van der Waals surface area contributed by atoms with Crippen molar-refractivity contribution in [2.24, 2.45) is 0 Å². The number of non-ortho nitro benzene ring substituents is 1. The molecule has 0 atom stereocenters. The van der Waals surface area contributed by atoms with Crippen molar-refractivity contribution in [3.05, 3.63) is 34.4 Å². The van der Waals surface area contributed by atoms with Crippen LogP contribution < -0.4 is 10.0 Å². The predicted octanol–water partition coefficient (Wildman–Crippen LogP) is 0.0825. The highest BCUT2D eigenvalue weighted by atomic mass is 32.2. The molecule has 1 aromatic carbocycles. The summed E-state index contributed by atoms with van der Waals surface area (Å²) < 4.78 is 23.3. The van der Waals surface area contributed by atoms with Gasteiger partial charge in [-0.25, -0.2) is 8.42 Å². The normalized spacial score (nSPS) is 10.7. The molecule has 1 rings (SSSR count). The lowest BCUT2D eigenvalue weighted by atomic mass is 10.3. The quantitative estimate of drug-likeness (QED) is 0.579. The van der Waals surface area contributed by atoms with Crippen LogP contribution in [0.3, 0.4) is 0 Å². The lowest BCUT2D eigenvalue weighted by Crippen LogP contribution is -2.34. The van der Waals surface area contributed by atoms with E-state index in [1.165, 1.54) is 24.3 Å². The topological polar surface area (TPSA) is 118 Å². The van der Waals surface area contributed by atoms with E-state index in [4.69, 9.17) is 0 Å². The van der Waals surface area contributed by atoms with Crippen LogP contribution in [0.5, 0.6) is 0 Å². The van der Waals surface area contributed by atoms with Gasteiger partial charge in [-0.3, -0.25) is 19.6 Å². The summed E-state index contributed by atoms with van der Waals surface area (Å²) in [6.07, 6.45) is 0.859. The third-order valence-corrected chi connectivity index (χ3v) is 2.41. The van der Waals surface area contributed by atoms with Gasteiger partial charge in [0.05, 0.1) is 17.7 Å². The molecule has 0 aliphatic heterocycles. The van der Waals surface area contributed by atoms with Gasteiger partial charge in [0.15, 0.2) is 0 Å². The van der Waals surface area contributed by atoms with E-state index >= 15 is 0 Å².